The molecule has 104 valence electrons. The Labute approximate surface area is 117 Å². The van der Waals surface area contributed by atoms with Crippen LogP contribution in [0, 0.1) is 5.41 Å². The number of aliphatic hydroxyl groups is 1. The minimum absolute atomic E-state index is 0.0972. The highest BCUT2D eigenvalue weighted by molar-refractivity contribution is 7.13. The summed E-state index contributed by atoms with van der Waals surface area (Å²) in [6.45, 7) is 7.40. The van der Waals surface area contributed by atoms with E-state index in [0.717, 1.165) is 11.3 Å². The van der Waals surface area contributed by atoms with Crippen LogP contribution in [0.2, 0.25) is 0 Å². The minimum Gasteiger partial charge on any atom is -0.391 e. The molecule has 0 spiro atoms. The third-order valence-electron chi connectivity index (χ3n) is 3.14. The first-order valence-corrected chi connectivity index (χ1v) is 7.31. The molecule has 2 aromatic heterocycles. The molecule has 2 heterocycles. The lowest BCUT2D eigenvalue weighted by molar-refractivity contribution is 0.0628. The summed E-state index contributed by atoms with van der Waals surface area (Å²) in [7, 11) is 0. The van der Waals surface area contributed by atoms with Crippen molar-refractivity contribution in [3.8, 4) is 10.6 Å². The molecular weight excluding hydrogens is 258 g/mol. The molecule has 0 saturated heterocycles. The molecule has 4 nitrogen and oxygen atoms in total. The highest BCUT2D eigenvalue weighted by Crippen LogP contribution is 2.25. The predicted molar refractivity (Wildman–Crippen MR) is 79.1 cm³/mol. The van der Waals surface area contributed by atoms with E-state index in [-0.39, 0.29) is 11.5 Å². The predicted octanol–water partition coefficient (Wildman–Crippen LogP) is 2.63. The molecule has 0 aliphatic carbocycles. The van der Waals surface area contributed by atoms with Crippen LogP contribution in [0.4, 0.5) is 0 Å². The molecule has 2 aromatic rings. The van der Waals surface area contributed by atoms with Gasteiger partial charge in [-0.1, -0.05) is 26.8 Å². The molecular formula is C14H21N3OS. The molecule has 2 rings (SSSR count). The number of thiophene rings is 1. The summed E-state index contributed by atoms with van der Waals surface area (Å²) in [5.74, 6) is 0. The molecule has 0 aromatic carbocycles. The molecule has 5 heteroatoms. The van der Waals surface area contributed by atoms with Gasteiger partial charge in [0.05, 0.1) is 22.9 Å². The number of rotatable bonds is 5. The van der Waals surface area contributed by atoms with Crippen LogP contribution in [0.1, 0.15) is 26.3 Å². The molecule has 1 unspecified atom stereocenters. The molecule has 0 radical (unpaired) electrons. The van der Waals surface area contributed by atoms with Gasteiger partial charge < -0.3 is 10.4 Å². The largest absolute Gasteiger partial charge is 0.391 e. The van der Waals surface area contributed by atoms with Crippen LogP contribution in [0.25, 0.3) is 10.6 Å². The van der Waals surface area contributed by atoms with E-state index in [1.807, 2.05) is 33.0 Å². The van der Waals surface area contributed by atoms with Crippen molar-refractivity contribution in [1.82, 2.24) is 15.5 Å². The first-order chi connectivity index (χ1) is 8.98. The Bertz CT molecular complexity index is 499. The fourth-order valence-electron chi connectivity index (χ4n) is 1.73. The third-order valence-corrected chi connectivity index (χ3v) is 4.03. The van der Waals surface area contributed by atoms with Crippen molar-refractivity contribution in [3.05, 3.63) is 29.3 Å². The van der Waals surface area contributed by atoms with E-state index in [1.54, 1.807) is 11.3 Å². The van der Waals surface area contributed by atoms with E-state index in [1.165, 1.54) is 4.88 Å². The quantitative estimate of drug-likeness (QED) is 0.788. The van der Waals surface area contributed by atoms with Gasteiger partial charge in [0.1, 0.15) is 0 Å². The van der Waals surface area contributed by atoms with Crippen LogP contribution in [0.15, 0.2) is 23.7 Å². The first-order valence-electron chi connectivity index (χ1n) is 6.43. The summed E-state index contributed by atoms with van der Waals surface area (Å²) in [6.07, 6.45) is 1.48. The number of hydrogen-bond acceptors (Lipinski definition) is 4. The number of hydrogen-bond donors (Lipinski definition) is 3. The van der Waals surface area contributed by atoms with Crippen LogP contribution in [-0.4, -0.2) is 28.0 Å². The summed E-state index contributed by atoms with van der Waals surface area (Å²) in [5, 5.41) is 22.5. The normalized spacial score (nSPS) is 13.7. The molecule has 0 bridgehead atoms. The number of nitrogens with zero attached hydrogens (tertiary/aromatic N) is 1. The Morgan fingerprint density at radius 3 is 2.89 bits per heavy atom. The lowest BCUT2D eigenvalue weighted by atomic mass is 9.89. The second kappa shape index (κ2) is 5.86. The van der Waals surface area contributed by atoms with E-state index in [0.29, 0.717) is 13.1 Å². The van der Waals surface area contributed by atoms with E-state index >= 15 is 0 Å². The number of aromatic amines is 1. The van der Waals surface area contributed by atoms with Crippen molar-refractivity contribution in [2.75, 3.05) is 6.54 Å². The SMILES string of the molecule is CC(C)(C)C(O)CNCc1cn[nH]c1-c1cccs1. The molecule has 0 fully saturated rings. The smallest absolute Gasteiger partial charge is 0.0794 e. The van der Waals surface area contributed by atoms with Gasteiger partial charge in [0.25, 0.3) is 0 Å². The molecule has 0 aliphatic heterocycles. The maximum Gasteiger partial charge on any atom is 0.0794 e. The molecule has 0 aliphatic rings. The van der Waals surface area contributed by atoms with Crippen LogP contribution < -0.4 is 5.32 Å². The molecule has 1 atom stereocenters. The zero-order valence-corrected chi connectivity index (χ0v) is 12.4. The van der Waals surface area contributed by atoms with Gasteiger partial charge in [-0.3, -0.25) is 5.10 Å². The van der Waals surface area contributed by atoms with Crippen LogP contribution in [0.5, 0.6) is 0 Å². The molecule has 0 amide bonds. The average molecular weight is 279 g/mol. The number of H-pyrrole nitrogens is 1. The maximum atomic E-state index is 9.98. The summed E-state index contributed by atoms with van der Waals surface area (Å²) in [4.78, 5) is 1.19. The van der Waals surface area contributed by atoms with Crippen molar-refractivity contribution in [1.29, 1.82) is 0 Å². The monoisotopic (exact) mass is 279 g/mol. The van der Waals surface area contributed by atoms with Gasteiger partial charge in [-0.25, -0.2) is 0 Å². The second-order valence-electron chi connectivity index (χ2n) is 5.76. The Hall–Kier alpha value is -1.17. The summed E-state index contributed by atoms with van der Waals surface area (Å²) in [5.41, 5.74) is 2.09. The van der Waals surface area contributed by atoms with Gasteiger partial charge >= 0.3 is 0 Å². The van der Waals surface area contributed by atoms with Crippen molar-refractivity contribution in [2.45, 2.75) is 33.4 Å². The number of aromatic nitrogens is 2. The lowest BCUT2D eigenvalue weighted by Gasteiger charge is -2.26. The number of aliphatic hydroxyl groups excluding tert-OH is 1. The fourth-order valence-corrected chi connectivity index (χ4v) is 2.48. The van der Waals surface area contributed by atoms with E-state index < -0.39 is 0 Å². The zero-order valence-electron chi connectivity index (χ0n) is 11.6. The van der Waals surface area contributed by atoms with Crippen molar-refractivity contribution in [2.24, 2.45) is 5.41 Å². The summed E-state index contributed by atoms with van der Waals surface area (Å²) >= 11 is 1.69. The number of nitrogens with one attached hydrogen (secondary N) is 2. The zero-order chi connectivity index (χ0) is 13.9. The van der Waals surface area contributed by atoms with Gasteiger partial charge in [0, 0.05) is 18.7 Å². The van der Waals surface area contributed by atoms with Crippen LogP contribution >= 0.6 is 11.3 Å². The summed E-state index contributed by atoms with van der Waals surface area (Å²) in [6, 6.07) is 4.10. The Balaban J connectivity index is 1.93. The second-order valence-corrected chi connectivity index (χ2v) is 6.71. The van der Waals surface area contributed by atoms with Crippen molar-refractivity contribution < 1.29 is 5.11 Å². The van der Waals surface area contributed by atoms with Crippen LogP contribution in [0.3, 0.4) is 0 Å². The molecule has 19 heavy (non-hydrogen) atoms. The highest BCUT2D eigenvalue weighted by atomic mass is 32.1. The van der Waals surface area contributed by atoms with Gasteiger partial charge in [0.15, 0.2) is 0 Å². The van der Waals surface area contributed by atoms with E-state index in [2.05, 4.69) is 27.0 Å². The van der Waals surface area contributed by atoms with Crippen LogP contribution in [-0.2, 0) is 6.54 Å². The topological polar surface area (TPSA) is 60.9 Å². The van der Waals surface area contributed by atoms with Crippen molar-refractivity contribution in [3.63, 3.8) is 0 Å². The van der Waals surface area contributed by atoms with Gasteiger partial charge in [-0.2, -0.15) is 5.10 Å². The Morgan fingerprint density at radius 1 is 1.47 bits per heavy atom. The highest BCUT2D eigenvalue weighted by Gasteiger charge is 2.21. The summed E-state index contributed by atoms with van der Waals surface area (Å²) < 4.78 is 0. The average Bonchev–Trinajstić information content (AvgIpc) is 2.97. The minimum atomic E-state index is -0.357. The standard InChI is InChI=1S/C14H21N3OS/c1-14(2,3)12(18)9-15-7-10-8-16-17-13(10)11-5-4-6-19-11/h4-6,8,12,15,18H,7,9H2,1-3H3,(H,16,17). The Kier molecular flexibility index (Phi) is 4.39. The molecule has 3 N–H and O–H groups in total. The first kappa shape index (κ1) is 14.2. The van der Waals surface area contributed by atoms with E-state index in [4.69, 9.17) is 0 Å². The maximum absolute atomic E-state index is 9.98. The van der Waals surface area contributed by atoms with Gasteiger partial charge in [0.2, 0.25) is 0 Å². The third kappa shape index (κ3) is 3.65. The molecule has 0 saturated carbocycles. The van der Waals surface area contributed by atoms with Crippen molar-refractivity contribution >= 4 is 11.3 Å². The van der Waals surface area contributed by atoms with Gasteiger partial charge in [-0.05, 0) is 16.9 Å². The Morgan fingerprint density at radius 2 is 2.26 bits per heavy atom. The van der Waals surface area contributed by atoms with E-state index in [9.17, 15) is 5.11 Å². The van der Waals surface area contributed by atoms with Gasteiger partial charge in [-0.15, -0.1) is 11.3 Å². The fraction of sp³-hybridized carbons (Fsp3) is 0.500. The lowest BCUT2D eigenvalue weighted by Crippen LogP contribution is -2.36.